The van der Waals surface area contributed by atoms with Crippen molar-refractivity contribution in [3.63, 3.8) is 0 Å². The van der Waals surface area contributed by atoms with E-state index in [-0.39, 0.29) is 0 Å². The molecular weight excluding hydrogens is 132 g/mol. The van der Waals surface area contributed by atoms with Gasteiger partial charge >= 0.3 is 0 Å². The van der Waals surface area contributed by atoms with E-state index in [0.29, 0.717) is 0 Å². The largest absolute Gasteiger partial charge is 0.336 e. The van der Waals surface area contributed by atoms with Crippen molar-refractivity contribution in [1.82, 2.24) is 4.44 Å². The molecule has 0 bridgehead atoms. The lowest BCUT2D eigenvalue weighted by molar-refractivity contribution is 1.16. The number of hydrogen-bond acceptors (Lipinski definition) is 1. The molecule has 0 saturated heterocycles. The first-order chi connectivity index (χ1) is 2.64. The van der Waals surface area contributed by atoms with Crippen LogP contribution in [0.1, 0.15) is 6.92 Å². The summed E-state index contributed by atoms with van der Waals surface area (Å²) in [6.45, 7) is 1.86. The van der Waals surface area contributed by atoms with E-state index in [1.54, 1.807) is 4.44 Å². The summed E-state index contributed by atoms with van der Waals surface area (Å²) in [5.74, 6) is 0. The monoisotopic (exact) mass is 139 g/mol. The molecule has 36 valence electrons. The van der Waals surface area contributed by atoms with Crippen LogP contribution in [0.3, 0.4) is 0 Å². The predicted molar refractivity (Wildman–Crippen MR) is 39.5 cm³/mol. The molecule has 0 aliphatic rings. The summed E-state index contributed by atoms with van der Waals surface area (Å²) in [6.07, 6.45) is 0. The molecule has 4 heteroatoms. The molecule has 0 spiro atoms. The molecule has 2 atom stereocenters. The Bertz CT molecular complexity index is 62.6. The van der Waals surface area contributed by atoms with Crippen LogP contribution in [-0.4, -0.2) is 9.43 Å². The van der Waals surface area contributed by atoms with Gasteiger partial charge in [-0.1, -0.05) is 12.2 Å². The Balaban J connectivity index is 3.26. The third-order valence-electron chi connectivity index (χ3n) is 0.364. The lowest BCUT2D eigenvalue weighted by Crippen LogP contribution is -1.98. The summed E-state index contributed by atoms with van der Waals surface area (Å²) < 4.78 is 1.73. The van der Waals surface area contributed by atoms with Crippen LogP contribution in [0.4, 0.5) is 0 Å². The van der Waals surface area contributed by atoms with Gasteiger partial charge in [0.25, 0.3) is 0 Å². The predicted octanol–water partition coefficient (Wildman–Crippen LogP) is 1.22. The highest BCUT2D eigenvalue weighted by Crippen LogP contribution is 2.05. The van der Waals surface area contributed by atoms with Gasteiger partial charge in [-0.25, -0.2) is 0 Å². The van der Waals surface area contributed by atoms with Gasteiger partial charge in [-0.05, 0) is 25.7 Å². The van der Waals surface area contributed by atoms with Crippen molar-refractivity contribution in [2.75, 3.05) is 0 Å². The zero-order chi connectivity index (χ0) is 5.15. The molecule has 0 aliphatic heterocycles. The van der Waals surface area contributed by atoms with Gasteiger partial charge in [0, 0.05) is 0 Å². The van der Waals surface area contributed by atoms with Gasteiger partial charge in [-0.2, -0.15) is 0 Å². The second-order valence-corrected chi connectivity index (χ2v) is 3.23. The first-order valence-corrected chi connectivity index (χ1v) is 2.89. The molecule has 0 rings (SSSR count). The molecule has 0 aromatic heterocycles. The summed E-state index contributed by atoms with van der Waals surface area (Å²) >= 11 is 4.70. The SMILES string of the molecule is CC(=S)N(P)P. The van der Waals surface area contributed by atoms with E-state index in [4.69, 9.17) is 12.2 Å². The lowest BCUT2D eigenvalue weighted by atomic mass is 10.8. The van der Waals surface area contributed by atoms with E-state index in [9.17, 15) is 0 Å². The highest BCUT2D eigenvalue weighted by molar-refractivity contribution is 7.81. The molecule has 1 nitrogen and oxygen atoms in total. The minimum absolute atomic E-state index is 0.852. The quantitative estimate of drug-likeness (QED) is 0.366. The zero-order valence-corrected chi connectivity index (χ0v) is 6.64. The summed E-state index contributed by atoms with van der Waals surface area (Å²) in [7, 11) is 4.86. The van der Waals surface area contributed by atoms with Gasteiger partial charge in [0.1, 0.15) is 0 Å². The van der Waals surface area contributed by atoms with Crippen LogP contribution in [0, 0.1) is 0 Å². The van der Waals surface area contributed by atoms with Crippen molar-refractivity contribution in [1.29, 1.82) is 0 Å². The molecular formula is C2H7NP2S. The van der Waals surface area contributed by atoms with Crippen molar-refractivity contribution < 1.29 is 0 Å². The number of hydrogen-bond donors (Lipinski definition) is 0. The van der Waals surface area contributed by atoms with Gasteiger partial charge < -0.3 is 4.44 Å². The standard InChI is InChI=1S/C2H7NP2S/c1-2(6)3(4)5/h4-5H2,1H3. The van der Waals surface area contributed by atoms with Crippen molar-refractivity contribution in [2.24, 2.45) is 0 Å². The van der Waals surface area contributed by atoms with Crippen LogP contribution in [0.15, 0.2) is 0 Å². The van der Waals surface area contributed by atoms with Gasteiger partial charge in [0.2, 0.25) is 0 Å². The second-order valence-electron chi connectivity index (χ2n) is 0.926. The number of thiocarbonyl (C=S) groups is 1. The van der Waals surface area contributed by atoms with Crippen LogP contribution in [-0.2, 0) is 0 Å². The van der Waals surface area contributed by atoms with E-state index in [0.717, 1.165) is 4.99 Å². The number of rotatable bonds is 0. The second kappa shape index (κ2) is 2.85. The zero-order valence-electron chi connectivity index (χ0n) is 3.51. The van der Waals surface area contributed by atoms with Crippen molar-refractivity contribution in [3.8, 4) is 0 Å². The Morgan fingerprint density at radius 2 is 1.83 bits per heavy atom. The first kappa shape index (κ1) is 6.75. The maximum Gasteiger partial charge on any atom is 0.0804 e. The third-order valence-corrected chi connectivity index (χ3v) is 1.72. The molecule has 0 saturated carbocycles. The van der Waals surface area contributed by atoms with Gasteiger partial charge in [0.15, 0.2) is 0 Å². The van der Waals surface area contributed by atoms with Crippen LogP contribution in [0.5, 0.6) is 0 Å². The summed E-state index contributed by atoms with van der Waals surface area (Å²) in [5, 5.41) is 0. The summed E-state index contributed by atoms with van der Waals surface area (Å²) in [4.78, 5) is 0.852. The summed E-state index contributed by atoms with van der Waals surface area (Å²) in [6, 6.07) is 0. The van der Waals surface area contributed by atoms with Crippen molar-refractivity contribution in [2.45, 2.75) is 6.92 Å². The van der Waals surface area contributed by atoms with Crippen molar-refractivity contribution in [3.05, 3.63) is 0 Å². The van der Waals surface area contributed by atoms with Crippen LogP contribution in [0.25, 0.3) is 0 Å². The third kappa shape index (κ3) is 2.96. The minimum Gasteiger partial charge on any atom is -0.336 e. The molecule has 0 amide bonds. The average molecular weight is 139 g/mol. The van der Waals surface area contributed by atoms with Crippen LogP contribution < -0.4 is 0 Å². The topological polar surface area (TPSA) is 3.24 Å². The minimum atomic E-state index is 0.852. The van der Waals surface area contributed by atoms with Gasteiger partial charge in [-0.15, -0.1) is 0 Å². The van der Waals surface area contributed by atoms with Crippen molar-refractivity contribution >= 4 is 36.0 Å². The highest BCUT2D eigenvalue weighted by atomic mass is 32.1. The van der Waals surface area contributed by atoms with Crippen LogP contribution in [0.2, 0.25) is 0 Å². The molecule has 2 unspecified atom stereocenters. The Hall–Kier alpha value is 0.750. The Kier molecular flexibility index (Phi) is 3.20. The normalized spacial score (nSPS) is 7.83. The first-order valence-electron chi connectivity index (χ1n) is 1.44. The maximum atomic E-state index is 4.70. The Morgan fingerprint density at radius 3 is 1.83 bits per heavy atom. The van der Waals surface area contributed by atoms with Crippen LogP contribution >= 0.6 is 31.0 Å². The smallest absolute Gasteiger partial charge is 0.0804 e. The molecule has 0 radical (unpaired) electrons. The van der Waals surface area contributed by atoms with E-state index < -0.39 is 0 Å². The number of nitrogens with zero attached hydrogens (tertiary/aromatic N) is 1. The average Bonchev–Trinajstić information content (AvgIpc) is 1.36. The van der Waals surface area contributed by atoms with Gasteiger partial charge in [0.05, 0.1) is 4.99 Å². The van der Waals surface area contributed by atoms with Gasteiger partial charge in [-0.3, -0.25) is 0 Å². The Labute approximate surface area is 48.0 Å². The fourth-order valence-electron chi connectivity index (χ4n) is 0. The van der Waals surface area contributed by atoms with E-state index >= 15 is 0 Å². The lowest BCUT2D eigenvalue weighted by Gasteiger charge is -2.05. The summed E-state index contributed by atoms with van der Waals surface area (Å²) in [5.41, 5.74) is 0. The van der Waals surface area contributed by atoms with E-state index in [1.807, 2.05) is 6.92 Å². The molecule has 0 aliphatic carbocycles. The highest BCUT2D eigenvalue weighted by Gasteiger charge is 1.82. The molecule has 0 fully saturated rings. The Morgan fingerprint density at radius 1 is 1.67 bits per heavy atom. The molecule has 6 heavy (non-hydrogen) atoms. The molecule has 0 aromatic rings. The molecule has 0 N–H and O–H groups in total. The van der Waals surface area contributed by atoms with E-state index in [1.165, 1.54) is 0 Å². The fraction of sp³-hybridized carbons (Fsp3) is 0.500. The van der Waals surface area contributed by atoms with E-state index in [2.05, 4.69) is 18.8 Å². The molecule has 0 heterocycles. The molecule has 0 aromatic carbocycles. The maximum absolute atomic E-state index is 4.70. The fourth-order valence-corrected chi connectivity index (χ4v) is 0.